The SMILES string of the molecule is C=CC[N+](CC)(CC)CC.[Cl-]. The second-order valence-corrected chi connectivity index (χ2v) is 2.76. The summed E-state index contributed by atoms with van der Waals surface area (Å²) in [5.41, 5.74) is 0. The van der Waals surface area contributed by atoms with Gasteiger partial charge < -0.3 is 16.9 Å². The first-order valence-electron chi connectivity index (χ1n) is 4.20. The zero-order valence-corrected chi connectivity index (χ0v) is 8.69. The Kier molecular flexibility index (Phi) is 8.25. The first-order valence-corrected chi connectivity index (χ1v) is 4.20. The zero-order valence-electron chi connectivity index (χ0n) is 7.94. The minimum Gasteiger partial charge on any atom is -1.00 e. The minimum absolute atomic E-state index is 0. The van der Waals surface area contributed by atoms with E-state index in [-0.39, 0.29) is 12.4 Å². The van der Waals surface area contributed by atoms with Crippen LogP contribution in [0.5, 0.6) is 0 Å². The molecule has 1 nitrogen and oxygen atoms in total. The molecule has 0 fully saturated rings. The highest BCUT2D eigenvalue weighted by atomic mass is 35.5. The molecule has 0 heterocycles. The zero-order chi connectivity index (χ0) is 8.04. The van der Waals surface area contributed by atoms with Crippen molar-refractivity contribution in [3.63, 3.8) is 0 Å². The molecule has 0 aliphatic carbocycles. The largest absolute Gasteiger partial charge is 1.00 e. The molecule has 0 atom stereocenters. The molecule has 0 aromatic heterocycles. The van der Waals surface area contributed by atoms with Gasteiger partial charge in [-0.25, -0.2) is 0 Å². The molecule has 0 aromatic carbocycles. The lowest BCUT2D eigenvalue weighted by Gasteiger charge is -2.34. The summed E-state index contributed by atoms with van der Waals surface area (Å²) in [4.78, 5) is 0. The average Bonchev–Trinajstić information content (AvgIpc) is 2.01. The molecule has 0 aliphatic rings. The number of rotatable bonds is 5. The van der Waals surface area contributed by atoms with Crippen molar-refractivity contribution in [2.24, 2.45) is 0 Å². The Bertz CT molecular complexity index is 89.5. The molecule has 0 N–H and O–H groups in total. The quantitative estimate of drug-likeness (QED) is 0.376. The first-order chi connectivity index (χ1) is 4.74. The lowest BCUT2D eigenvalue weighted by atomic mass is 10.3. The summed E-state index contributed by atoms with van der Waals surface area (Å²) in [5, 5.41) is 0. The molecule has 0 saturated carbocycles. The molecule has 68 valence electrons. The highest BCUT2D eigenvalue weighted by molar-refractivity contribution is 4.65. The smallest absolute Gasteiger partial charge is 0.0970 e. The summed E-state index contributed by atoms with van der Waals surface area (Å²) in [5.74, 6) is 0. The first kappa shape index (κ1) is 13.6. The van der Waals surface area contributed by atoms with E-state index in [4.69, 9.17) is 0 Å². The van der Waals surface area contributed by atoms with Crippen LogP contribution in [0.3, 0.4) is 0 Å². The Hall–Kier alpha value is -0.0100. The van der Waals surface area contributed by atoms with Crippen molar-refractivity contribution in [1.29, 1.82) is 0 Å². The van der Waals surface area contributed by atoms with E-state index < -0.39 is 0 Å². The van der Waals surface area contributed by atoms with Crippen molar-refractivity contribution >= 4 is 0 Å². The van der Waals surface area contributed by atoms with Gasteiger partial charge in [0.05, 0.1) is 26.2 Å². The number of nitrogens with zero attached hydrogens (tertiary/aromatic N) is 1. The van der Waals surface area contributed by atoms with Gasteiger partial charge in [-0.1, -0.05) is 6.58 Å². The van der Waals surface area contributed by atoms with Crippen LogP contribution in [0.1, 0.15) is 20.8 Å². The molecule has 0 rings (SSSR count). The normalized spacial score (nSPS) is 10.5. The third-order valence-corrected chi connectivity index (χ3v) is 2.53. The van der Waals surface area contributed by atoms with Gasteiger partial charge in [0.15, 0.2) is 0 Å². The van der Waals surface area contributed by atoms with Crippen molar-refractivity contribution < 1.29 is 16.9 Å². The molecule has 0 saturated heterocycles. The van der Waals surface area contributed by atoms with Gasteiger partial charge in [0.25, 0.3) is 0 Å². The highest BCUT2D eigenvalue weighted by Gasteiger charge is 2.17. The Balaban J connectivity index is 0. The maximum atomic E-state index is 3.77. The topological polar surface area (TPSA) is 0 Å². The molecule has 11 heavy (non-hydrogen) atoms. The fourth-order valence-electron chi connectivity index (χ4n) is 1.33. The Morgan fingerprint density at radius 3 is 1.55 bits per heavy atom. The number of hydrogen-bond donors (Lipinski definition) is 0. The highest BCUT2D eigenvalue weighted by Crippen LogP contribution is 2.04. The fraction of sp³-hybridized carbons (Fsp3) is 0.778. The van der Waals surface area contributed by atoms with Crippen LogP contribution < -0.4 is 12.4 Å². The molecule has 0 radical (unpaired) electrons. The van der Waals surface area contributed by atoms with Crippen LogP contribution in [0.4, 0.5) is 0 Å². The van der Waals surface area contributed by atoms with Gasteiger partial charge >= 0.3 is 0 Å². The van der Waals surface area contributed by atoms with E-state index in [1.165, 1.54) is 24.1 Å². The van der Waals surface area contributed by atoms with E-state index in [2.05, 4.69) is 27.4 Å². The monoisotopic (exact) mass is 177 g/mol. The summed E-state index contributed by atoms with van der Waals surface area (Å²) >= 11 is 0. The maximum absolute atomic E-state index is 3.77. The molecular weight excluding hydrogens is 158 g/mol. The number of likely N-dealkylation sites (N-methyl/N-ethyl adjacent to an activating group) is 1. The van der Waals surface area contributed by atoms with Gasteiger partial charge in [-0.05, 0) is 26.8 Å². The fourth-order valence-corrected chi connectivity index (χ4v) is 1.33. The lowest BCUT2D eigenvalue weighted by Crippen LogP contribution is -3.00. The molecular formula is C9H20ClN. The minimum atomic E-state index is 0. The predicted molar refractivity (Wildman–Crippen MR) is 46.9 cm³/mol. The Morgan fingerprint density at radius 1 is 1.09 bits per heavy atom. The van der Waals surface area contributed by atoms with Crippen molar-refractivity contribution in [3.05, 3.63) is 12.7 Å². The van der Waals surface area contributed by atoms with Crippen molar-refractivity contribution in [2.75, 3.05) is 26.2 Å². The second kappa shape index (κ2) is 6.68. The van der Waals surface area contributed by atoms with E-state index in [0.717, 1.165) is 6.54 Å². The lowest BCUT2D eigenvalue weighted by molar-refractivity contribution is -0.917. The van der Waals surface area contributed by atoms with Crippen LogP contribution in [0.25, 0.3) is 0 Å². The summed E-state index contributed by atoms with van der Waals surface area (Å²) in [6, 6.07) is 0. The van der Waals surface area contributed by atoms with Crippen molar-refractivity contribution in [3.8, 4) is 0 Å². The van der Waals surface area contributed by atoms with Gasteiger partial charge in [-0.2, -0.15) is 0 Å². The van der Waals surface area contributed by atoms with Crippen LogP contribution in [0.15, 0.2) is 12.7 Å². The van der Waals surface area contributed by atoms with Crippen LogP contribution in [0, 0.1) is 0 Å². The van der Waals surface area contributed by atoms with Gasteiger partial charge in [-0.3, -0.25) is 0 Å². The van der Waals surface area contributed by atoms with Crippen LogP contribution in [-0.2, 0) is 0 Å². The van der Waals surface area contributed by atoms with Gasteiger partial charge in [0.2, 0.25) is 0 Å². The van der Waals surface area contributed by atoms with E-state index in [9.17, 15) is 0 Å². The maximum Gasteiger partial charge on any atom is 0.0970 e. The third-order valence-electron chi connectivity index (χ3n) is 2.53. The van der Waals surface area contributed by atoms with E-state index >= 15 is 0 Å². The summed E-state index contributed by atoms with van der Waals surface area (Å²) in [7, 11) is 0. The number of quaternary nitrogens is 1. The van der Waals surface area contributed by atoms with Crippen LogP contribution in [0.2, 0.25) is 0 Å². The Morgan fingerprint density at radius 2 is 1.45 bits per heavy atom. The van der Waals surface area contributed by atoms with E-state index in [1.807, 2.05) is 6.08 Å². The van der Waals surface area contributed by atoms with Gasteiger partial charge in [-0.15, -0.1) is 0 Å². The molecule has 0 unspecified atom stereocenters. The van der Waals surface area contributed by atoms with Crippen LogP contribution in [-0.4, -0.2) is 30.7 Å². The summed E-state index contributed by atoms with van der Waals surface area (Å²) < 4.78 is 1.18. The van der Waals surface area contributed by atoms with Gasteiger partial charge in [0, 0.05) is 0 Å². The molecule has 0 amide bonds. The number of hydrogen-bond acceptors (Lipinski definition) is 0. The number of halogens is 1. The predicted octanol–water partition coefficient (Wildman–Crippen LogP) is -0.947. The Labute approximate surface area is 77.1 Å². The second-order valence-electron chi connectivity index (χ2n) is 2.76. The third kappa shape index (κ3) is 3.78. The summed E-state index contributed by atoms with van der Waals surface area (Å²) in [6.07, 6.45) is 2.02. The van der Waals surface area contributed by atoms with E-state index in [0.29, 0.717) is 0 Å². The van der Waals surface area contributed by atoms with E-state index in [1.54, 1.807) is 0 Å². The van der Waals surface area contributed by atoms with Gasteiger partial charge in [0.1, 0.15) is 0 Å². The summed E-state index contributed by atoms with van der Waals surface area (Å²) in [6.45, 7) is 15.3. The molecule has 0 aromatic rings. The van der Waals surface area contributed by atoms with Crippen molar-refractivity contribution in [1.82, 2.24) is 0 Å². The standard InChI is InChI=1S/C9H20N.ClH/c1-5-9-10(6-2,7-3)8-4;/h5H,1,6-9H2,2-4H3;1H/q+1;/p-1. The molecule has 0 bridgehead atoms. The molecule has 0 spiro atoms. The molecule has 0 aliphatic heterocycles. The molecule has 2 heteroatoms. The van der Waals surface area contributed by atoms with Crippen molar-refractivity contribution in [2.45, 2.75) is 20.8 Å². The van der Waals surface area contributed by atoms with Crippen LogP contribution >= 0.6 is 0 Å². The average molecular weight is 178 g/mol.